The van der Waals surface area contributed by atoms with Crippen LogP contribution in [0.15, 0.2) is 24.3 Å². The lowest BCUT2D eigenvalue weighted by atomic mass is 10.1. The van der Waals surface area contributed by atoms with Crippen LogP contribution in [0.2, 0.25) is 5.02 Å². The Kier molecular flexibility index (Phi) is 4.66. The van der Waals surface area contributed by atoms with Crippen LogP contribution < -0.4 is 11.1 Å². The van der Waals surface area contributed by atoms with Crippen LogP contribution >= 0.6 is 22.9 Å². The molecule has 2 rings (SSSR count). The molecule has 0 atom stereocenters. The molecule has 112 valence electrons. The lowest BCUT2D eigenvalue weighted by Gasteiger charge is -2.16. The van der Waals surface area contributed by atoms with Crippen LogP contribution in [0.5, 0.6) is 0 Å². The molecule has 1 aromatic carbocycles. The van der Waals surface area contributed by atoms with Gasteiger partial charge in [0.15, 0.2) is 5.13 Å². The van der Waals surface area contributed by atoms with E-state index in [1.54, 1.807) is 13.8 Å². The summed E-state index contributed by atoms with van der Waals surface area (Å²) in [5.41, 5.74) is 6.77. The SMILES string of the molecule is Cc1nc(NC(=O)C(C)(C)N)sc1Cc1ccccc1Cl. The predicted octanol–water partition coefficient (Wildman–Crippen LogP) is 3.37. The van der Waals surface area contributed by atoms with Crippen molar-refractivity contribution < 1.29 is 4.79 Å². The van der Waals surface area contributed by atoms with Crippen molar-refractivity contribution in [3.63, 3.8) is 0 Å². The molecule has 0 aliphatic heterocycles. The molecule has 1 amide bonds. The first kappa shape index (κ1) is 15.9. The van der Waals surface area contributed by atoms with Gasteiger partial charge in [0.2, 0.25) is 5.91 Å². The van der Waals surface area contributed by atoms with Crippen molar-refractivity contribution in [2.75, 3.05) is 5.32 Å². The van der Waals surface area contributed by atoms with E-state index in [1.165, 1.54) is 11.3 Å². The average molecular weight is 324 g/mol. The highest BCUT2D eigenvalue weighted by Crippen LogP contribution is 2.28. The van der Waals surface area contributed by atoms with Crippen molar-refractivity contribution in [1.29, 1.82) is 0 Å². The van der Waals surface area contributed by atoms with Gasteiger partial charge in [-0.15, -0.1) is 11.3 Å². The zero-order valence-corrected chi connectivity index (χ0v) is 13.8. The van der Waals surface area contributed by atoms with Crippen LogP contribution in [0, 0.1) is 6.92 Å². The molecule has 0 aliphatic carbocycles. The van der Waals surface area contributed by atoms with Crippen molar-refractivity contribution >= 4 is 34.0 Å². The summed E-state index contributed by atoms with van der Waals surface area (Å²) in [6.45, 7) is 5.24. The zero-order valence-electron chi connectivity index (χ0n) is 12.2. The topological polar surface area (TPSA) is 68.0 Å². The van der Waals surface area contributed by atoms with Gasteiger partial charge in [0, 0.05) is 16.3 Å². The van der Waals surface area contributed by atoms with Gasteiger partial charge in [-0.1, -0.05) is 29.8 Å². The summed E-state index contributed by atoms with van der Waals surface area (Å²) in [7, 11) is 0. The molecule has 2 aromatic rings. The van der Waals surface area contributed by atoms with Crippen LogP contribution in [0.25, 0.3) is 0 Å². The van der Waals surface area contributed by atoms with Gasteiger partial charge in [0.1, 0.15) is 0 Å². The highest BCUT2D eigenvalue weighted by molar-refractivity contribution is 7.15. The molecule has 0 radical (unpaired) electrons. The van der Waals surface area contributed by atoms with E-state index in [9.17, 15) is 4.79 Å². The Bertz CT molecular complexity index is 661. The second kappa shape index (κ2) is 6.13. The van der Waals surface area contributed by atoms with Crippen molar-refractivity contribution in [1.82, 2.24) is 4.98 Å². The molecule has 0 aliphatic rings. The van der Waals surface area contributed by atoms with Gasteiger partial charge in [-0.25, -0.2) is 4.98 Å². The van der Waals surface area contributed by atoms with E-state index in [0.717, 1.165) is 21.2 Å². The maximum Gasteiger partial charge on any atom is 0.245 e. The Balaban J connectivity index is 2.17. The standard InChI is InChI=1S/C15H18ClN3OS/c1-9-12(8-10-6-4-5-7-11(10)16)21-14(18-9)19-13(20)15(2,3)17/h4-7H,8,17H2,1-3H3,(H,18,19,20). The largest absolute Gasteiger partial charge is 0.318 e. The predicted molar refractivity (Wildman–Crippen MR) is 88.0 cm³/mol. The number of thiazole rings is 1. The summed E-state index contributed by atoms with van der Waals surface area (Å²) < 4.78 is 0. The van der Waals surface area contributed by atoms with Crippen LogP contribution in [0.3, 0.4) is 0 Å². The van der Waals surface area contributed by atoms with Gasteiger partial charge in [-0.05, 0) is 32.4 Å². The number of nitrogens with zero attached hydrogens (tertiary/aromatic N) is 1. The van der Waals surface area contributed by atoms with Gasteiger partial charge < -0.3 is 11.1 Å². The van der Waals surface area contributed by atoms with Gasteiger partial charge in [0.05, 0.1) is 11.2 Å². The van der Waals surface area contributed by atoms with Gasteiger partial charge in [-0.3, -0.25) is 4.79 Å². The summed E-state index contributed by atoms with van der Waals surface area (Å²) >= 11 is 7.63. The number of aryl methyl sites for hydroxylation is 1. The molecule has 0 unspecified atom stereocenters. The second-order valence-corrected chi connectivity index (χ2v) is 6.96. The molecule has 0 spiro atoms. The minimum atomic E-state index is -0.928. The molecule has 1 heterocycles. The third kappa shape index (κ3) is 4.03. The summed E-state index contributed by atoms with van der Waals surface area (Å²) in [4.78, 5) is 17.3. The fraction of sp³-hybridized carbons (Fsp3) is 0.333. The number of aromatic nitrogens is 1. The summed E-state index contributed by atoms with van der Waals surface area (Å²) in [6.07, 6.45) is 0.699. The van der Waals surface area contributed by atoms with E-state index >= 15 is 0 Å². The number of nitrogens with one attached hydrogen (secondary N) is 1. The first-order valence-electron chi connectivity index (χ1n) is 6.57. The van der Waals surface area contributed by atoms with E-state index in [4.69, 9.17) is 17.3 Å². The Morgan fingerprint density at radius 2 is 2.10 bits per heavy atom. The van der Waals surface area contributed by atoms with E-state index in [1.807, 2.05) is 31.2 Å². The highest BCUT2D eigenvalue weighted by Gasteiger charge is 2.23. The number of halogens is 1. The Morgan fingerprint density at radius 3 is 2.71 bits per heavy atom. The van der Waals surface area contributed by atoms with Gasteiger partial charge in [-0.2, -0.15) is 0 Å². The third-order valence-electron chi connectivity index (χ3n) is 3.01. The molecule has 6 heteroatoms. The minimum Gasteiger partial charge on any atom is -0.318 e. The van der Waals surface area contributed by atoms with Crippen molar-refractivity contribution in [3.8, 4) is 0 Å². The quantitative estimate of drug-likeness (QED) is 0.906. The first-order chi connectivity index (χ1) is 9.77. The van der Waals surface area contributed by atoms with Crippen molar-refractivity contribution in [2.24, 2.45) is 5.73 Å². The molecule has 0 fully saturated rings. The normalized spacial score (nSPS) is 11.5. The van der Waals surface area contributed by atoms with E-state index in [0.29, 0.717) is 11.6 Å². The first-order valence-corrected chi connectivity index (χ1v) is 7.77. The number of anilines is 1. The maximum atomic E-state index is 11.9. The van der Waals surface area contributed by atoms with E-state index in [-0.39, 0.29) is 5.91 Å². The molecule has 0 saturated heterocycles. The molecule has 4 nitrogen and oxygen atoms in total. The van der Waals surface area contributed by atoms with Crippen molar-refractivity contribution in [3.05, 3.63) is 45.4 Å². The van der Waals surface area contributed by atoms with Crippen LogP contribution in [0.4, 0.5) is 5.13 Å². The molecule has 1 aromatic heterocycles. The fourth-order valence-corrected chi connectivity index (χ4v) is 2.90. The molecule has 3 N–H and O–H groups in total. The fourth-order valence-electron chi connectivity index (χ4n) is 1.72. The van der Waals surface area contributed by atoms with Crippen LogP contribution in [-0.2, 0) is 11.2 Å². The van der Waals surface area contributed by atoms with Crippen molar-refractivity contribution in [2.45, 2.75) is 32.7 Å². The second-order valence-electron chi connectivity index (χ2n) is 5.47. The Labute approximate surface area is 133 Å². The highest BCUT2D eigenvalue weighted by atomic mass is 35.5. The molecular weight excluding hydrogens is 306 g/mol. The smallest absolute Gasteiger partial charge is 0.245 e. The van der Waals surface area contributed by atoms with Gasteiger partial charge in [0.25, 0.3) is 0 Å². The van der Waals surface area contributed by atoms with Gasteiger partial charge >= 0.3 is 0 Å². The summed E-state index contributed by atoms with van der Waals surface area (Å²) in [5.74, 6) is -0.249. The summed E-state index contributed by atoms with van der Waals surface area (Å²) in [5, 5.41) is 4.06. The Hall–Kier alpha value is -1.43. The average Bonchev–Trinajstić information content (AvgIpc) is 2.71. The molecule has 21 heavy (non-hydrogen) atoms. The Morgan fingerprint density at radius 1 is 1.43 bits per heavy atom. The van der Waals surface area contributed by atoms with E-state index in [2.05, 4.69) is 10.3 Å². The number of benzene rings is 1. The maximum absolute atomic E-state index is 11.9. The summed E-state index contributed by atoms with van der Waals surface area (Å²) in [6, 6.07) is 7.72. The molecule has 0 saturated carbocycles. The molecule has 0 bridgehead atoms. The molecular formula is C15H18ClN3OS. The lowest BCUT2D eigenvalue weighted by molar-refractivity contribution is -0.120. The van der Waals surface area contributed by atoms with Crippen LogP contribution in [0.1, 0.15) is 30.0 Å². The number of hydrogen-bond donors (Lipinski definition) is 2. The van der Waals surface area contributed by atoms with Crippen LogP contribution in [-0.4, -0.2) is 16.4 Å². The number of carbonyl (C=O) groups is 1. The zero-order chi connectivity index (χ0) is 15.6. The number of nitrogens with two attached hydrogens (primary N) is 1. The number of amides is 1. The number of rotatable bonds is 4. The minimum absolute atomic E-state index is 0.249. The number of carbonyl (C=O) groups excluding carboxylic acids is 1. The van der Waals surface area contributed by atoms with E-state index < -0.39 is 5.54 Å². The number of hydrogen-bond acceptors (Lipinski definition) is 4. The third-order valence-corrected chi connectivity index (χ3v) is 4.45. The lowest BCUT2D eigenvalue weighted by Crippen LogP contribution is -2.45. The monoisotopic (exact) mass is 323 g/mol.